The number of H-pyrrole nitrogens is 1. The minimum absolute atomic E-state index is 0.141. The molecule has 168 valence electrons. The molecule has 2 aromatic carbocycles. The summed E-state index contributed by atoms with van der Waals surface area (Å²) >= 11 is 6.36. The predicted octanol–water partition coefficient (Wildman–Crippen LogP) is 5.13. The molecule has 2 N–H and O–H groups in total. The van der Waals surface area contributed by atoms with Gasteiger partial charge >= 0.3 is 0 Å². The smallest absolute Gasteiger partial charge is 0.255 e. The molecule has 1 aliphatic rings. The van der Waals surface area contributed by atoms with E-state index in [0.29, 0.717) is 34.2 Å². The Labute approximate surface area is 194 Å². The summed E-state index contributed by atoms with van der Waals surface area (Å²) in [5.41, 5.74) is 5.15. The van der Waals surface area contributed by atoms with Crippen LogP contribution in [0.25, 0.3) is 11.4 Å². The van der Waals surface area contributed by atoms with Crippen LogP contribution in [0.15, 0.2) is 42.6 Å². The van der Waals surface area contributed by atoms with E-state index in [1.165, 1.54) is 0 Å². The number of imidazole rings is 1. The van der Waals surface area contributed by atoms with Crippen LogP contribution in [0.3, 0.4) is 0 Å². The van der Waals surface area contributed by atoms with Crippen LogP contribution in [0.2, 0.25) is 5.02 Å². The van der Waals surface area contributed by atoms with Crippen molar-refractivity contribution in [2.75, 3.05) is 30.4 Å². The Morgan fingerprint density at radius 1 is 1.12 bits per heavy atom. The highest BCUT2D eigenvalue weighted by molar-refractivity contribution is 6.33. The first-order valence-corrected chi connectivity index (χ1v) is 11.3. The summed E-state index contributed by atoms with van der Waals surface area (Å²) in [5, 5.41) is 3.58. The van der Waals surface area contributed by atoms with E-state index in [1.807, 2.05) is 32.0 Å². The fraction of sp³-hybridized carbons (Fsp3) is 0.360. The second-order valence-electron chi connectivity index (χ2n) is 8.83. The van der Waals surface area contributed by atoms with Gasteiger partial charge in [-0.25, -0.2) is 4.98 Å². The summed E-state index contributed by atoms with van der Waals surface area (Å²) in [6, 6.07) is 12.5. The molecule has 6 nitrogen and oxygen atoms in total. The number of nitrogens with one attached hydrogen (secondary N) is 2. The van der Waals surface area contributed by atoms with Crippen molar-refractivity contribution in [3.63, 3.8) is 0 Å². The van der Waals surface area contributed by atoms with Gasteiger partial charge in [0.1, 0.15) is 5.82 Å². The quantitative estimate of drug-likeness (QED) is 0.577. The molecule has 32 heavy (non-hydrogen) atoms. The van der Waals surface area contributed by atoms with Crippen molar-refractivity contribution in [1.29, 1.82) is 0 Å². The molecular formula is C25H30ClN5O. The van der Waals surface area contributed by atoms with Crippen molar-refractivity contribution < 1.29 is 4.79 Å². The van der Waals surface area contributed by atoms with Crippen LogP contribution in [0, 0.1) is 13.8 Å². The Kier molecular flexibility index (Phi) is 6.26. The average molecular weight is 452 g/mol. The minimum Gasteiger partial charge on any atom is -0.368 e. The lowest BCUT2D eigenvalue weighted by atomic mass is 10.0. The summed E-state index contributed by atoms with van der Waals surface area (Å²) in [6.45, 7) is 10.4. The highest BCUT2D eigenvalue weighted by atomic mass is 35.5. The molecule has 1 amide bonds. The maximum atomic E-state index is 13.0. The number of piperazine rings is 1. The molecule has 0 bridgehead atoms. The van der Waals surface area contributed by atoms with Gasteiger partial charge in [0, 0.05) is 59.6 Å². The number of likely N-dealkylation sites (N-methyl/N-ethyl adjacent to an activating group) is 1. The first kappa shape index (κ1) is 22.4. The summed E-state index contributed by atoms with van der Waals surface area (Å²) in [5.74, 6) is 0.540. The Morgan fingerprint density at radius 2 is 1.84 bits per heavy atom. The molecule has 1 saturated heterocycles. The number of hydrogen-bond donors (Lipinski definition) is 2. The summed E-state index contributed by atoms with van der Waals surface area (Å²) in [4.78, 5) is 25.4. The van der Waals surface area contributed by atoms with Gasteiger partial charge < -0.3 is 15.2 Å². The van der Waals surface area contributed by atoms with Gasteiger partial charge in [0.05, 0.1) is 5.02 Å². The number of aromatic nitrogens is 2. The number of carbonyl (C=O) groups excluding carboxylic acids is 1. The number of anilines is 2. The number of amides is 1. The Balaban J connectivity index is 1.52. The van der Waals surface area contributed by atoms with Crippen molar-refractivity contribution >= 4 is 28.9 Å². The number of benzene rings is 2. The van der Waals surface area contributed by atoms with E-state index in [0.717, 1.165) is 35.6 Å². The van der Waals surface area contributed by atoms with Crippen LogP contribution in [-0.4, -0.2) is 53.0 Å². The highest BCUT2D eigenvalue weighted by Crippen LogP contribution is 2.29. The van der Waals surface area contributed by atoms with E-state index in [9.17, 15) is 4.79 Å². The normalized spacial score (nSPS) is 19.2. The highest BCUT2D eigenvalue weighted by Gasteiger charge is 2.27. The van der Waals surface area contributed by atoms with E-state index < -0.39 is 0 Å². The van der Waals surface area contributed by atoms with Gasteiger partial charge in [-0.15, -0.1) is 0 Å². The van der Waals surface area contributed by atoms with Crippen LogP contribution in [-0.2, 0) is 0 Å². The zero-order valence-electron chi connectivity index (χ0n) is 19.2. The lowest BCUT2D eigenvalue weighted by molar-refractivity contribution is 0.102. The molecule has 4 rings (SSSR count). The SMILES string of the molecule is Cc1cnc(-c2cc(NC(=O)c3ccc(N4C[C@@H](C)N(C)[C@@H](C)C4)cc3C)ccc2Cl)[nH]1. The average Bonchev–Trinajstić information content (AvgIpc) is 3.18. The predicted molar refractivity (Wildman–Crippen MR) is 132 cm³/mol. The zero-order valence-corrected chi connectivity index (χ0v) is 20.0. The molecule has 0 aliphatic carbocycles. The van der Waals surface area contributed by atoms with Gasteiger partial charge in [0.15, 0.2) is 0 Å². The Bertz CT molecular complexity index is 1130. The first-order valence-electron chi connectivity index (χ1n) is 10.9. The molecule has 1 aromatic heterocycles. The van der Waals surface area contributed by atoms with E-state index >= 15 is 0 Å². The van der Waals surface area contributed by atoms with Crippen molar-refractivity contribution in [3.8, 4) is 11.4 Å². The fourth-order valence-electron chi connectivity index (χ4n) is 4.25. The zero-order chi connectivity index (χ0) is 23.0. The number of carbonyl (C=O) groups is 1. The molecule has 2 atom stereocenters. The van der Waals surface area contributed by atoms with Gasteiger partial charge in [-0.2, -0.15) is 0 Å². The molecule has 0 spiro atoms. The van der Waals surface area contributed by atoms with Crippen LogP contribution < -0.4 is 10.2 Å². The third-order valence-corrected chi connectivity index (χ3v) is 6.69. The van der Waals surface area contributed by atoms with Crippen molar-refractivity contribution in [3.05, 3.63) is 64.4 Å². The lowest BCUT2D eigenvalue weighted by Crippen LogP contribution is -2.55. The van der Waals surface area contributed by atoms with E-state index in [-0.39, 0.29) is 5.91 Å². The van der Waals surface area contributed by atoms with Crippen molar-refractivity contribution in [2.45, 2.75) is 39.8 Å². The van der Waals surface area contributed by atoms with Crippen LogP contribution in [0.4, 0.5) is 11.4 Å². The third-order valence-electron chi connectivity index (χ3n) is 6.36. The number of aryl methyl sites for hydroxylation is 2. The van der Waals surface area contributed by atoms with E-state index in [2.05, 4.69) is 52.0 Å². The van der Waals surface area contributed by atoms with Gasteiger partial charge in [0.2, 0.25) is 0 Å². The molecule has 2 heterocycles. The van der Waals surface area contributed by atoms with Gasteiger partial charge in [-0.3, -0.25) is 9.69 Å². The maximum absolute atomic E-state index is 13.0. The van der Waals surface area contributed by atoms with Crippen LogP contribution >= 0.6 is 11.6 Å². The Morgan fingerprint density at radius 3 is 2.47 bits per heavy atom. The molecule has 0 saturated carbocycles. The first-order chi connectivity index (χ1) is 15.2. The standard InChI is InChI=1S/C25H30ClN5O/c1-15-10-20(31-13-17(3)30(5)18(4)14-31)7-8-21(15)25(32)29-19-6-9-23(26)22(11-19)24-27-12-16(2)28-24/h6-12,17-18H,13-14H2,1-5H3,(H,27,28)(H,29,32)/t17-,18+. The van der Waals surface area contributed by atoms with Crippen LogP contribution in [0.1, 0.15) is 35.5 Å². The summed E-state index contributed by atoms with van der Waals surface area (Å²) < 4.78 is 0. The van der Waals surface area contributed by atoms with Gasteiger partial charge in [0.25, 0.3) is 5.91 Å². The fourth-order valence-corrected chi connectivity index (χ4v) is 4.45. The van der Waals surface area contributed by atoms with Crippen molar-refractivity contribution in [1.82, 2.24) is 14.9 Å². The van der Waals surface area contributed by atoms with Gasteiger partial charge in [-0.1, -0.05) is 11.6 Å². The second kappa shape index (κ2) is 8.96. The molecule has 0 radical (unpaired) electrons. The largest absolute Gasteiger partial charge is 0.368 e. The summed E-state index contributed by atoms with van der Waals surface area (Å²) in [6.07, 6.45) is 1.75. The topological polar surface area (TPSA) is 64.3 Å². The number of aromatic amines is 1. The van der Waals surface area contributed by atoms with Gasteiger partial charge in [-0.05, 0) is 76.7 Å². The Hall–Kier alpha value is -2.83. The molecular weight excluding hydrogens is 422 g/mol. The van der Waals surface area contributed by atoms with Crippen molar-refractivity contribution in [2.24, 2.45) is 0 Å². The third kappa shape index (κ3) is 4.52. The van der Waals surface area contributed by atoms with E-state index in [4.69, 9.17) is 11.6 Å². The minimum atomic E-state index is -0.141. The molecule has 1 aliphatic heterocycles. The number of nitrogens with zero attached hydrogens (tertiary/aromatic N) is 3. The molecule has 7 heteroatoms. The number of rotatable bonds is 4. The number of hydrogen-bond acceptors (Lipinski definition) is 4. The summed E-state index contributed by atoms with van der Waals surface area (Å²) in [7, 11) is 2.18. The molecule has 0 unspecified atom stereocenters. The van der Waals surface area contributed by atoms with Crippen LogP contribution in [0.5, 0.6) is 0 Å². The monoisotopic (exact) mass is 451 g/mol. The molecule has 1 fully saturated rings. The molecule has 3 aromatic rings. The maximum Gasteiger partial charge on any atom is 0.255 e. The second-order valence-corrected chi connectivity index (χ2v) is 9.24. The number of halogens is 1. The van der Waals surface area contributed by atoms with E-state index in [1.54, 1.807) is 18.3 Å². The lowest BCUT2D eigenvalue weighted by Gasteiger charge is -2.43.